The van der Waals surface area contributed by atoms with Crippen molar-refractivity contribution in [1.29, 1.82) is 0 Å². The van der Waals surface area contributed by atoms with Gasteiger partial charge in [0, 0.05) is 16.6 Å². The fourth-order valence-corrected chi connectivity index (χ4v) is 4.91. The summed E-state index contributed by atoms with van der Waals surface area (Å²) in [6.45, 7) is 8.72. The normalized spacial score (nSPS) is 19.8. The molecule has 154 valence electrons. The number of anilines is 1. The molecule has 0 bridgehead atoms. The molecule has 0 saturated heterocycles. The van der Waals surface area contributed by atoms with Crippen LogP contribution in [0.1, 0.15) is 43.9 Å². The Morgan fingerprint density at radius 2 is 1.57 bits per heavy atom. The fraction of sp³-hybridized carbons (Fsp3) is 0.296. The maximum Gasteiger partial charge on any atom is 0.265 e. The molecule has 1 atom stereocenters. The Hall–Kier alpha value is -3.07. The molecule has 3 aromatic carbocycles. The number of ether oxygens (including phenoxy) is 1. The molecular formula is C27H29NO2. The van der Waals surface area contributed by atoms with E-state index in [0.717, 1.165) is 12.1 Å². The Morgan fingerprint density at radius 3 is 2.23 bits per heavy atom. The van der Waals surface area contributed by atoms with Gasteiger partial charge in [-0.05, 0) is 56.5 Å². The van der Waals surface area contributed by atoms with Crippen LogP contribution in [0.3, 0.4) is 0 Å². The first-order chi connectivity index (χ1) is 14.3. The molecule has 1 aliphatic rings. The van der Waals surface area contributed by atoms with E-state index in [1.165, 1.54) is 16.7 Å². The van der Waals surface area contributed by atoms with E-state index in [9.17, 15) is 4.79 Å². The molecule has 4 rings (SSSR count). The van der Waals surface area contributed by atoms with Crippen molar-refractivity contribution in [2.45, 2.75) is 45.1 Å². The van der Waals surface area contributed by atoms with Crippen molar-refractivity contribution in [3.8, 4) is 5.75 Å². The van der Waals surface area contributed by atoms with Crippen molar-refractivity contribution in [1.82, 2.24) is 0 Å². The molecule has 0 fully saturated rings. The predicted octanol–water partition coefficient (Wildman–Crippen LogP) is 5.90. The van der Waals surface area contributed by atoms with Gasteiger partial charge in [-0.1, -0.05) is 73.2 Å². The molecule has 1 heterocycles. The van der Waals surface area contributed by atoms with Gasteiger partial charge in [0.05, 0.1) is 0 Å². The number of nitrogens with zero attached hydrogens (tertiary/aromatic N) is 1. The monoisotopic (exact) mass is 399 g/mol. The number of hydrogen-bond acceptors (Lipinski definition) is 2. The first-order valence-electron chi connectivity index (χ1n) is 10.5. The number of rotatable bonds is 4. The number of fused-ring (bicyclic) bond motifs is 1. The van der Waals surface area contributed by atoms with Gasteiger partial charge in [-0.2, -0.15) is 0 Å². The molecule has 0 aromatic heterocycles. The van der Waals surface area contributed by atoms with Gasteiger partial charge >= 0.3 is 0 Å². The molecule has 0 N–H and O–H groups in total. The predicted molar refractivity (Wildman–Crippen MR) is 122 cm³/mol. The number of benzene rings is 3. The van der Waals surface area contributed by atoms with Crippen molar-refractivity contribution in [2.75, 3.05) is 11.5 Å². The lowest BCUT2D eigenvalue weighted by Crippen LogP contribution is -2.57. The number of aryl methyl sites for hydroxylation is 1. The second-order valence-electron chi connectivity index (χ2n) is 9.04. The van der Waals surface area contributed by atoms with Crippen molar-refractivity contribution in [3.63, 3.8) is 0 Å². The van der Waals surface area contributed by atoms with E-state index in [2.05, 4.69) is 76.2 Å². The zero-order chi connectivity index (χ0) is 21.4. The molecule has 0 radical (unpaired) electrons. The summed E-state index contributed by atoms with van der Waals surface area (Å²) in [7, 11) is 0. The molecule has 1 unspecified atom stereocenters. The smallest absolute Gasteiger partial charge is 0.265 e. The van der Waals surface area contributed by atoms with Crippen LogP contribution in [0.15, 0.2) is 78.9 Å². The van der Waals surface area contributed by atoms with Gasteiger partial charge in [0.15, 0.2) is 6.61 Å². The highest BCUT2D eigenvalue weighted by Crippen LogP contribution is 2.50. The number of amides is 1. The molecule has 0 saturated carbocycles. The molecular weight excluding hydrogens is 370 g/mol. The lowest BCUT2D eigenvalue weighted by Gasteiger charge is -2.51. The van der Waals surface area contributed by atoms with Gasteiger partial charge in [-0.3, -0.25) is 4.79 Å². The average Bonchev–Trinajstić information content (AvgIpc) is 2.73. The van der Waals surface area contributed by atoms with Crippen LogP contribution in [0, 0.1) is 6.92 Å². The molecule has 1 aliphatic heterocycles. The lowest BCUT2D eigenvalue weighted by molar-refractivity contribution is -0.121. The zero-order valence-electron chi connectivity index (χ0n) is 18.2. The van der Waals surface area contributed by atoms with Gasteiger partial charge in [0.25, 0.3) is 5.91 Å². The zero-order valence-corrected chi connectivity index (χ0v) is 18.2. The van der Waals surface area contributed by atoms with Gasteiger partial charge < -0.3 is 9.64 Å². The van der Waals surface area contributed by atoms with Crippen molar-refractivity contribution < 1.29 is 9.53 Å². The van der Waals surface area contributed by atoms with Crippen molar-refractivity contribution >= 4 is 11.6 Å². The Labute approximate surface area is 179 Å². The minimum Gasteiger partial charge on any atom is -0.484 e. The van der Waals surface area contributed by atoms with Gasteiger partial charge in [-0.15, -0.1) is 0 Å². The van der Waals surface area contributed by atoms with E-state index in [1.807, 2.05) is 35.2 Å². The third-order valence-corrected chi connectivity index (χ3v) is 6.14. The van der Waals surface area contributed by atoms with Crippen LogP contribution in [0.2, 0.25) is 0 Å². The highest BCUT2D eigenvalue weighted by Gasteiger charge is 2.47. The molecule has 3 heteroatoms. The van der Waals surface area contributed by atoms with Gasteiger partial charge in [-0.25, -0.2) is 0 Å². The van der Waals surface area contributed by atoms with E-state index >= 15 is 0 Å². The summed E-state index contributed by atoms with van der Waals surface area (Å²) in [5, 5.41) is 0. The Bertz CT molecular complexity index is 1040. The molecule has 30 heavy (non-hydrogen) atoms. The van der Waals surface area contributed by atoms with Crippen LogP contribution in [0.5, 0.6) is 5.75 Å². The molecule has 0 spiro atoms. The highest BCUT2D eigenvalue weighted by molar-refractivity contribution is 5.97. The molecule has 1 amide bonds. The van der Waals surface area contributed by atoms with E-state index in [1.54, 1.807) is 0 Å². The van der Waals surface area contributed by atoms with Gasteiger partial charge in [0.2, 0.25) is 0 Å². The lowest BCUT2D eigenvalue weighted by atomic mass is 9.65. The SMILES string of the molecule is Cc1ccc2c(c1)C(C)(c1ccccc1)CC(C)(C)N2C(=O)COc1ccccc1. The van der Waals surface area contributed by atoms with Crippen LogP contribution in [0.4, 0.5) is 5.69 Å². The minimum atomic E-state index is -0.357. The fourth-order valence-electron chi connectivity index (χ4n) is 4.91. The number of para-hydroxylation sites is 1. The van der Waals surface area contributed by atoms with E-state index < -0.39 is 0 Å². The second kappa shape index (κ2) is 7.64. The standard InChI is InChI=1S/C27H29NO2/c1-20-15-16-24-23(17-20)27(4,21-11-7-5-8-12-21)19-26(2,3)28(24)25(29)18-30-22-13-9-6-10-14-22/h5-17H,18-19H2,1-4H3. The third-order valence-electron chi connectivity index (χ3n) is 6.14. The van der Waals surface area contributed by atoms with E-state index in [-0.39, 0.29) is 23.5 Å². The summed E-state index contributed by atoms with van der Waals surface area (Å²) in [5.74, 6) is 0.683. The first kappa shape index (κ1) is 20.2. The molecule has 0 aliphatic carbocycles. The summed E-state index contributed by atoms with van der Waals surface area (Å²) in [6.07, 6.45) is 0.831. The van der Waals surface area contributed by atoms with Crippen LogP contribution in [-0.4, -0.2) is 18.1 Å². The first-order valence-corrected chi connectivity index (χ1v) is 10.5. The van der Waals surface area contributed by atoms with E-state index in [4.69, 9.17) is 4.74 Å². The maximum atomic E-state index is 13.4. The van der Waals surface area contributed by atoms with Crippen molar-refractivity contribution in [2.24, 2.45) is 0 Å². The number of hydrogen-bond donors (Lipinski definition) is 0. The van der Waals surface area contributed by atoms with Gasteiger partial charge in [0.1, 0.15) is 5.75 Å². The average molecular weight is 400 g/mol. The Kier molecular flexibility index (Phi) is 5.15. The van der Waals surface area contributed by atoms with Crippen LogP contribution in [0.25, 0.3) is 0 Å². The Morgan fingerprint density at radius 1 is 0.933 bits per heavy atom. The number of carbonyl (C=O) groups excluding carboxylic acids is 1. The van der Waals surface area contributed by atoms with E-state index in [0.29, 0.717) is 5.75 Å². The topological polar surface area (TPSA) is 29.5 Å². The summed E-state index contributed by atoms with van der Waals surface area (Å²) >= 11 is 0. The summed E-state index contributed by atoms with van der Waals surface area (Å²) < 4.78 is 5.80. The Balaban J connectivity index is 1.75. The highest BCUT2D eigenvalue weighted by atomic mass is 16.5. The summed E-state index contributed by atoms with van der Waals surface area (Å²) in [6, 6.07) is 26.5. The third kappa shape index (κ3) is 3.60. The van der Waals surface area contributed by atoms with Crippen LogP contribution >= 0.6 is 0 Å². The maximum absolute atomic E-state index is 13.4. The summed E-state index contributed by atoms with van der Waals surface area (Å²) in [5.41, 5.74) is 4.11. The van der Waals surface area contributed by atoms with Crippen LogP contribution < -0.4 is 9.64 Å². The molecule has 3 nitrogen and oxygen atoms in total. The quantitative estimate of drug-likeness (QED) is 0.547. The molecule has 3 aromatic rings. The van der Waals surface area contributed by atoms with Crippen LogP contribution in [-0.2, 0) is 10.2 Å². The number of carbonyl (C=O) groups is 1. The summed E-state index contributed by atoms with van der Waals surface area (Å²) in [4.78, 5) is 15.3. The van der Waals surface area contributed by atoms with Crippen molar-refractivity contribution in [3.05, 3.63) is 95.6 Å². The second-order valence-corrected chi connectivity index (χ2v) is 9.04. The largest absolute Gasteiger partial charge is 0.484 e. The minimum absolute atomic E-state index is 0.0167.